The molecule has 2 amide bonds. The molecule has 0 radical (unpaired) electrons. The van der Waals surface area contributed by atoms with E-state index in [0.29, 0.717) is 46.1 Å². The van der Waals surface area contributed by atoms with Crippen LogP contribution < -0.4 is 42.2 Å². The topological polar surface area (TPSA) is 293 Å². The number of nitrogens with zero attached hydrogens (tertiary/aromatic N) is 7. The van der Waals surface area contributed by atoms with Crippen molar-refractivity contribution in [3.63, 3.8) is 0 Å². The van der Waals surface area contributed by atoms with Crippen LogP contribution in [0.2, 0.25) is 10.3 Å². The number of carboxylic acids is 1. The third kappa shape index (κ3) is 24.8. The van der Waals surface area contributed by atoms with Crippen LogP contribution in [-0.4, -0.2) is 138 Å². The van der Waals surface area contributed by atoms with Gasteiger partial charge in [-0.25, -0.2) is 14.2 Å². The molecule has 0 aliphatic carbocycles. The monoisotopic (exact) mass is 1340 g/mol. The van der Waals surface area contributed by atoms with Crippen LogP contribution in [0.5, 0.6) is 5.75 Å². The number of alkyl halides is 6. The SMILES string of the molecule is CC(C)OC(=O)c1cc(-n2c(=O)cc(C(F)(F)F)n(C)c2=O)ccc1Cl.CC1COc2ccccc2N1C(=O)C(Cl)Cl.CCNc1nc(Cl)nc(NC(C)(C)C)n1.CCc1cccc(C)c1N(C(=O)CCl)C(C)COC.CP(=O)(O)CCC(N)C(=O)O. The van der Waals surface area contributed by atoms with Crippen molar-refractivity contribution >= 4 is 112 Å². The second-order valence-electron chi connectivity index (χ2n) is 20.6. The summed E-state index contributed by atoms with van der Waals surface area (Å²) < 4.78 is 65.9. The van der Waals surface area contributed by atoms with Crippen molar-refractivity contribution in [1.82, 2.24) is 24.1 Å². The van der Waals surface area contributed by atoms with Gasteiger partial charge in [-0.05, 0) is 128 Å². The normalized spacial score (nSPS) is 14.0. The van der Waals surface area contributed by atoms with Crippen LogP contribution in [0.4, 0.5) is 36.4 Å². The van der Waals surface area contributed by atoms with Gasteiger partial charge in [-0.3, -0.25) is 28.3 Å². The smallest absolute Gasteiger partial charge is 0.431 e. The van der Waals surface area contributed by atoms with E-state index in [0.717, 1.165) is 48.6 Å². The average molecular weight is 1350 g/mol. The molecule has 0 spiro atoms. The van der Waals surface area contributed by atoms with Gasteiger partial charge in [0, 0.05) is 45.1 Å². The number of ether oxygens (including phenoxy) is 3. The number of fused-ring (bicyclic) bond motifs is 1. The average Bonchev–Trinajstić information content (AvgIpc) is 1.99. The van der Waals surface area contributed by atoms with E-state index in [4.69, 9.17) is 87.9 Å². The van der Waals surface area contributed by atoms with Crippen LogP contribution in [0.3, 0.4) is 0 Å². The Hall–Kier alpha value is -6.02. The first-order chi connectivity index (χ1) is 40.3. The van der Waals surface area contributed by atoms with Crippen molar-refractivity contribution < 1.29 is 61.1 Å². The van der Waals surface area contributed by atoms with Gasteiger partial charge in [0.1, 0.15) is 30.0 Å². The number of methoxy groups -OCH3 is 1. The number of nitrogens with one attached hydrogen (secondary N) is 2. The van der Waals surface area contributed by atoms with Gasteiger partial charge in [-0.2, -0.15) is 28.1 Å². The number of carbonyl (C=O) groups excluding carboxylic acids is 3. The number of nitrogens with two attached hydrogens (primary N) is 1. The van der Waals surface area contributed by atoms with E-state index in [1.165, 1.54) is 18.8 Å². The third-order valence-electron chi connectivity index (χ3n) is 11.6. The van der Waals surface area contributed by atoms with Gasteiger partial charge in [0.15, 0.2) is 12.2 Å². The molecule has 0 bridgehead atoms. The third-order valence-corrected chi connectivity index (χ3v) is 13.8. The molecule has 6 N–H and O–H groups in total. The number of halogens is 8. The van der Waals surface area contributed by atoms with E-state index in [-0.39, 0.29) is 69.5 Å². The highest BCUT2D eigenvalue weighted by Crippen LogP contribution is 2.36. The largest absolute Gasteiger partial charge is 0.489 e. The summed E-state index contributed by atoms with van der Waals surface area (Å²) in [6, 6.07) is 16.2. The maximum absolute atomic E-state index is 12.9. The minimum absolute atomic E-state index is 0.0104. The van der Waals surface area contributed by atoms with Gasteiger partial charge in [-0.1, -0.05) is 72.1 Å². The molecule has 1 aliphatic heterocycles. The van der Waals surface area contributed by atoms with Gasteiger partial charge in [0.2, 0.25) is 23.1 Å². The minimum Gasteiger partial charge on any atom is -0.489 e. The van der Waals surface area contributed by atoms with E-state index in [9.17, 15) is 46.5 Å². The number of hydrogen-bond acceptors (Lipinski definition) is 16. The van der Waals surface area contributed by atoms with E-state index < -0.39 is 59.4 Å². The Balaban J connectivity index is 0.000000382. The molecular weight excluding hydrogens is 1270 g/mol. The zero-order valence-corrected chi connectivity index (χ0v) is 55.0. The number of para-hydroxylation sites is 3. The van der Waals surface area contributed by atoms with Crippen molar-refractivity contribution in [3.05, 3.63) is 120 Å². The molecule has 2 aromatic heterocycles. The Morgan fingerprint density at radius 2 is 1.59 bits per heavy atom. The van der Waals surface area contributed by atoms with Crippen LogP contribution in [-0.2, 0) is 48.1 Å². The molecule has 6 rings (SSSR count). The zero-order chi connectivity index (χ0) is 66.5. The molecule has 0 fully saturated rings. The Bertz CT molecular complexity index is 3290. The second kappa shape index (κ2) is 35.2. The molecule has 3 aromatic carbocycles. The van der Waals surface area contributed by atoms with Gasteiger partial charge in [0.25, 0.3) is 11.5 Å². The van der Waals surface area contributed by atoms with Gasteiger partial charge in [0.05, 0.1) is 52.4 Å². The van der Waals surface area contributed by atoms with Crippen LogP contribution in [0.25, 0.3) is 5.69 Å². The van der Waals surface area contributed by atoms with E-state index in [2.05, 4.69) is 38.6 Å². The van der Waals surface area contributed by atoms with Gasteiger partial charge < -0.3 is 50.4 Å². The lowest BCUT2D eigenvalue weighted by atomic mass is 10.0. The van der Waals surface area contributed by atoms with E-state index >= 15 is 0 Å². The number of hydrogen-bond donors (Lipinski definition) is 5. The first-order valence-electron chi connectivity index (χ1n) is 26.7. The molecule has 0 saturated heterocycles. The summed E-state index contributed by atoms with van der Waals surface area (Å²) in [7, 11) is -0.571. The van der Waals surface area contributed by atoms with Crippen LogP contribution in [0.1, 0.15) is 95.9 Å². The van der Waals surface area contributed by atoms with Crippen LogP contribution in [0.15, 0.2) is 76.3 Å². The quantitative estimate of drug-likeness (QED) is 0.0328. The van der Waals surface area contributed by atoms with Crippen molar-refractivity contribution in [2.24, 2.45) is 12.8 Å². The number of rotatable bonds is 17. The number of esters is 1. The molecule has 4 unspecified atom stereocenters. The standard InChI is InChI=1S/C16H14ClF3N2O4.C15H22ClNO2.C11H11Cl2NO2.C9H16ClN5.C5H12NO4P/c1-8(2)26-14(24)10-6-9(4-5-11(10)17)22-13(23)7-12(16(18,19)20)21(3)15(22)25;1-5-13-8-6-7-11(2)15(13)17(14(18)9-16)12(3)10-19-4;1-7-6-16-9-5-3-2-4-8(9)14(7)11(15)10(12)13;1-5-11-7-12-6(10)13-8(14-7)15-9(2,3)4;1-11(9,10)3-2-4(6)5(7)8/h4-8H,1-3H3;6-8,12H,5,9-10H2,1-4H3;2-5,7,10H,6H2,1H3;5H2,1-4H3,(H2,11,12,13,14,15);4H,2-3,6H2,1H3,(H,7,8)(H,9,10). The number of aryl methyl sites for hydroxylation is 2. The highest BCUT2D eigenvalue weighted by Gasteiger charge is 2.36. The summed E-state index contributed by atoms with van der Waals surface area (Å²) in [5.74, 6) is -0.694. The Morgan fingerprint density at radius 1 is 0.966 bits per heavy atom. The predicted octanol–water partition coefficient (Wildman–Crippen LogP) is 10.4. The second-order valence-corrected chi connectivity index (χ2v) is 25.3. The first-order valence-corrected chi connectivity index (χ1v) is 31.2. The molecule has 3 heterocycles. The Morgan fingerprint density at radius 3 is 2.11 bits per heavy atom. The van der Waals surface area contributed by atoms with E-state index in [1.54, 1.807) is 30.8 Å². The molecule has 87 heavy (non-hydrogen) atoms. The summed E-state index contributed by atoms with van der Waals surface area (Å²) in [4.78, 5) is 93.8. The molecule has 0 saturated carbocycles. The van der Waals surface area contributed by atoms with Crippen LogP contribution >= 0.6 is 65.4 Å². The fraction of sp³-hybridized carbons (Fsp3) is 0.482. The van der Waals surface area contributed by atoms with Crippen molar-refractivity contribution in [2.45, 2.75) is 123 Å². The van der Waals surface area contributed by atoms with Crippen molar-refractivity contribution in [1.29, 1.82) is 0 Å². The number of anilines is 4. The maximum Gasteiger partial charge on any atom is 0.431 e. The number of carboxylic acid groups (broad SMARTS) is 1. The molecule has 1 aliphatic rings. The molecule has 4 atom stereocenters. The lowest BCUT2D eigenvalue weighted by Gasteiger charge is -2.35. The Labute approximate surface area is 528 Å². The number of amides is 2. The minimum atomic E-state index is -4.86. The maximum atomic E-state index is 12.9. The summed E-state index contributed by atoms with van der Waals surface area (Å²) in [5.41, 5.74) is 4.91. The van der Waals surface area contributed by atoms with Crippen molar-refractivity contribution in [2.75, 3.05) is 66.0 Å². The highest BCUT2D eigenvalue weighted by atomic mass is 35.5. The molecule has 5 aromatic rings. The fourth-order valence-electron chi connectivity index (χ4n) is 7.76. The van der Waals surface area contributed by atoms with Crippen molar-refractivity contribution in [3.8, 4) is 11.4 Å². The zero-order valence-electron chi connectivity index (χ0n) is 50.3. The fourth-order valence-corrected chi connectivity index (χ4v) is 9.22. The lowest BCUT2D eigenvalue weighted by molar-refractivity contribution is -0.144. The van der Waals surface area contributed by atoms with E-state index in [1.807, 2.05) is 84.9 Å². The highest BCUT2D eigenvalue weighted by molar-refractivity contribution is 7.57. The summed E-state index contributed by atoms with van der Waals surface area (Å²) >= 11 is 28.7. The number of carbonyl (C=O) groups is 4. The summed E-state index contributed by atoms with van der Waals surface area (Å²) in [5, 5.41) is 14.6. The van der Waals surface area contributed by atoms with Gasteiger partial charge in [-0.15, -0.1) is 11.6 Å². The van der Waals surface area contributed by atoms with Gasteiger partial charge >= 0.3 is 23.8 Å². The molecule has 31 heteroatoms. The number of aliphatic carboxylic acids is 1. The summed E-state index contributed by atoms with van der Waals surface area (Å²) in [6.45, 7) is 22.1. The first kappa shape index (κ1) is 77.1. The molecule has 22 nitrogen and oxygen atoms in total. The predicted molar refractivity (Wildman–Crippen MR) is 336 cm³/mol. The summed E-state index contributed by atoms with van der Waals surface area (Å²) in [6.07, 6.45) is -4.43. The number of benzene rings is 3. The molecule has 482 valence electrons. The number of aromatic nitrogens is 5. The lowest BCUT2D eigenvalue weighted by Crippen LogP contribution is -2.47. The van der Waals surface area contributed by atoms with Crippen LogP contribution in [0, 0.1) is 6.92 Å². The molecular formula is C56H75Cl5F3N10O12P. The Kier molecular flexibility index (Phi) is 31.2.